The van der Waals surface area contributed by atoms with Crippen LogP contribution in [0, 0.1) is 0 Å². The van der Waals surface area contributed by atoms with E-state index in [9.17, 15) is 4.79 Å². The van der Waals surface area contributed by atoms with Gasteiger partial charge in [0.25, 0.3) is 5.91 Å². The highest BCUT2D eigenvalue weighted by Crippen LogP contribution is 2.30. The van der Waals surface area contributed by atoms with E-state index in [1.807, 2.05) is 65.5 Å². The topological polar surface area (TPSA) is 77.8 Å². The zero-order valence-electron chi connectivity index (χ0n) is 18.5. The van der Waals surface area contributed by atoms with Crippen LogP contribution in [-0.2, 0) is 6.61 Å². The summed E-state index contributed by atoms with van der Waals surface area (Å²) in [5, 5.41) is 4.94. The van der Waals surface area contributed by atoms with Crippen molar-refractivity contribution in [2.75, 3.05) is 11.9 Å². The molecule has 0 aliphatic carbocycles. The average Bonchev–Trinajstić information content (AvgIpc) is 3.47. The Kier molecular flexibility index (Phi) is 6.22. The number of rotatable bonds is 8. The maximum atomic E-state index is 12.9. The molecule has 0 radical (unpaired) electrons. The second-order valence-corrected chi connectivity index (χ2v) is 8.37. The number of amides is 1. The van der Waals surface area contributed by atoms with Gasteiger partial charge >= 0.3 is 0 Å². The first kappa shape index (κ1) is 21.7. The number of ether oxygens (including phenoxy) is 2. The van der Waals surface area contributed by atoms with Crippen molar-refractivity contribution in [1.82, 2.24) is 14.4 Å². The number of carbonyl (C=O) groups is 1. The van der Waals surface area contributed by atoms with Gasteiger partial charge in [0.15, 0.2) is 16.5 Å². The van der Waals surface area contributed by atoms with Crippen molar-refractivity contribution in [3.8, 4) is 22.8 Å². The van der Waals surface area contributed by atoms with Crippen LogP contribution in [0.25, 0.3) is 16.2 Å². The minimum absolute atomic E-state index is 0.227. The van der Waals surface area contributed by atoms with E-state index in [4.69, 9.17) is 9.47 Å². The van der Waals surface area contributed by atoms with E-state index in [0.717, 1.165) is 21.8 Å². The molecule has 0 aliphatic heterocycles. The average molecular weight is 471 g/mol. The summed E-state index contributed by atoms with van der Waals surface area (Å²) in [5.74, 6) is 0.871. The predicted octanol–water partition coefficient (Wildman–Crippen LogP) is 5.69. The highest BCUT2D eigenvalue weighted by molar-refractivity contribution is 7.15. The molecule has 170 valence electrons. The molecule has 0 spiro atoms. The molecule has 0 saturated heterocycles. The highest BCUT2D eigenvalue weighted by atomic mass is 32.1. The lowest BCUT2D eigenvalue weighted by molar-refractivity contribution is 0.102. The van der Waals surface area contributed by atoms with E-state index >= 15 is 0 Å². The molecule has 0 fully saturated rings. The molecule has 0 aliphatic rings. The number of aromatic nitrogens is 3. The van der Waals surface area contributed by atoms with E-state index < -0.39 is 0 Å². The first-order chi connectivity index (χ1) is 16.7. The zero-order valence-corrected chi connectivity index (χ0v) is 19.3. The van der Waals surface area contributed by atoms with Crippen molar-refractivity contribution in [3.05, 3.63) is 95.9 Å². The minimum atomic E-state index is -0.227. The van der Waals surface area contributed by atoms with Crippen LogP contribution >= 0.6 is 11.3 Å². The molecule has 0 unspecified atom stereocenters. The van der Waals surface area contributed by atoms with Gasteiger partial charge in [-0.3, -0.25) is 14.2 Å². The third-order valence-electron chi connectivity index (χ3n) is 5.15. The van der Waals surface area contributed by atoms with E-state index in [2.05, 4.69) is 15.3 Å². The third-order valence-corrected chi connectivity index (χ3v) is 5.93. The van der Waals surface area contributed by atoms with Gasteiger partial charge in [0, 0.05) is 52.5 Å². The molecule has 0 bridgehead atoms. The Bertz CT molecular complexity index is 1380. The number of anilines is 1. The number of fused-ring (bicyclic) bond motifs is 1. The smallest absolute Gasteiger partial charge is 0.255 e. The molecule has 3 aromatic heterocycles. The maximum absolute atomic E-state index is 12.9. The minimum Gasteiger partial charge on any atom is -0.490 e. The van der Waals surface area contributed by atoms with Gasteiger partial charge in [-0.25, -0.2) is 4.98 Å². The number of thiazole rings is 1. The number of pyridine rings is 1. The summed E-state index contributed by atoms with van der Waals surface area (Å²) < 4.78 is 13.6. The van der Waals surface area contributed by atoms with Gasteiger partial charge in [-0.05, 0) is 43.3 Å². The number of benzene rings is 2. The molecule has 5 rings (SSSR count). The summed E-state index contributed by atoms with van der Waals surface area (Å²) >= 11 is 1.59. The third kappa shape index (κ3) is 4.77. The van der Waals surface area contributed by atoms with Gasteiger partial charge in [0.1, 0.15) is 6.61 Å². The zero-order chi connectivity index (χ0) is 23.3. The van der Waals surface area contributed by atoms with Gasteiger partial charge < -0.3 is 14.8 Å². The van der Waals surface area contributed by atoms with E-state index in [1.165, 1.54) is 0 Å². The van der Waals surface area contributed by atoms with Crippen LogP contribution in [0.2, 0.25) is 0 Å². The lowest BCUT2D eigenvalue weighted by Gasteiger charge is -2.13. The Morgan fingerprint density at radius 2 is 1.97 bits per heavy atom. The summed E-state index contributed by atoms with van der Waals surface area (Å²) in [5.41, 5.74) is 4.02. The van der Waals surface area contributed by atoms with Crippen LogP contribution in [0.15, 0.2) is 84.8 Å². The molecule has 34 heavy (non-hydrogen) atoms. The summed E-state index contributed by atoms with van der Waals surface area (Å²) in [6.45, 7) is 2.71. The second kappa shape index (κ2) is 9.76. The number of hydrogen-bond acceptors (Lipinski definition) is 6. The Hall–Kier alpha value is -4.17. The molecular weight excluding hydrogens is 448 g/mol. The monoisotopic (exact) mass is 470 g/mol. The van der Waals surface area contributed by atoms with Crippen molar-refractivity contribution >= 4 is 27.9 Å². The molecule has 0 saturated carbocycles. The predicted molar refractivity (Wildman–Crippen MR) is 133 cm³/mol. The van der Waals surface area contributed by atoms with Crippen LogP contribution in [0.3, 0.4) is 0 Å². The molecule has 5 aromatic rings. The Balaban J connectivity index is 1.27. The van der Waals surface area contributed by atoms with Crippen molar-refractivity contribution in [2.45, 2.75) is 13.5 Å². The molecule has 1 amide bonds. The molecule has 8 heteroatoms. The van der Waals surface area contributed by atoms with Crippen LogP contribution in [0.4, 0.5) is 5.69 Å². The fourth-order valence-corrected chi connectivity index (χ4v) is 4.18. The lowest BCUT2D eigenvalue weighted by Crippen LogP contribution is -2.12. The van der Waals surface area contributed by atoms with Crippen molar-refractivity contribution in [2.24, 2.45) is 0 Å². The number of hydrogen-bond donors (Lipinski definition) is 1. The largest absolute Gasteiger partial charge is 0.490 e. The maximum Gasteiger partial charge on any atom is 0.255 e. The fraction of sp³-hybridized carbons (Fsp3) is 0.115. The van der Waals surface area contributed by atoms with Crippen LogP contribution in [-0.4, -0.2) is 26.9 Å². The Morgan fingerprint density at radius 1 is 1.09 bits per heavy atom. The van der Waals surface area contributed by atoms with E-state index in [0.29, 0.717) is 36.0 Å². The van der Waals surface area contributed by atoms with E-state index in [-0.39, 0.29) is 5.91 Å². The number of imidazole rings is 1. The normalized spacial score (nSPS) is 10.9. The van der Waals surface area contributed by atoms with Gasteiger partial charge in [-0.2, -0.15) is 0 Å². The molecule has 0 atom stereocenters. The first-order valence-electron chi connectivity index (χ1n) is 10.8. The van der Waals surface area contributed by atoms with Crippen molar-refractivity contribution < 1.29 is 14.3 Å². The molecule has 2 aromatic carbocycles. The quantitative estimate of drug-likeness (QED) is 0.315. The molecular formula is C26H22N4O3S. The SMILES string of the molecule is CCOc1cc(C(=O)Nc2ccc(-c3cn4ccsc4n3)cc2)ccc1OCc1cccnc1. The number of nitrogens with one attached hydrogen (secondary N) is 1. The van der Waals surface area contributed by atoms with Crippen LogP contribution in [0.5, 0.6) is 11.5 Å². The standard InChI is InChI=1S/C26H22N4O3S/c1-2-32-24-14-20(7-10-23(24)33-17-18-4-3-11-27-15-18)25(31)28-21-8-5-19(6-9-21)22-16-30-12-13-34-26(30)29-22/h3-16H,2,17H2,1H3,(H,28,31). The molecule has 1 N–H and O–H groups in total. The Labute approximate surface area is 200 Å². The van der Waals surface area contributed by atoms with Crippen molar-refractivity contribution in [1.29, 1.82) is 0 Å². The number of carbonyl (C=O) groups excluding carboxylic acids is 1. The molecule has 7 nitrogen and oxygen atoms in total. The van der Waals surface area contributed by atoms with Crippen molar-refractivity contribution in [3.63, 3.8) is 0 Å². The first-order valence-corrected chi connectivity index (χ1v) is 11.7. The lowest BCUT2D eigenvalue weighted by atomic mass is 10.1. The van der Waals surface area contributed by atoms with Gasteiger partial charge in [-0.15, -0.1) is 11.3 Å². The van der Waals surface area contributed by atoms with Gasteiger partial charge in [0.05, 0.1) is 12.3 Å². The second-order valence-electron chi connectivity index (χ2n) is 7.49. The summed E-state index contributed by atoms with van der Waals surface area (Å²) in [6.07, 6.45) is 7.45. The van der Waals surface area contributed by atoms with Crippen LogP contribution < -0.4 is 14.8 Å². The number of nitrogens with zero attached hydrogens (tertiary/aromatic N) is 3. The highest BCUT2D eigenvalue weighted by Gasteiger charge is 2.13. The van der Waals surface area contributed by atoms with Gasteiger partial charge in [-0.1, -0.05) is 18.2 Å². The summed E-state index contributed by atoms with van der Waals surface area (Å²) in [4.78, 5) is 22.5. The van der Waals surface area contributed by atoms with E-state index in [1.54, 1.807) is 41.9 Å². The fourth-order valence-electron chi connectivity index (χ4n) is 3.48. The molecule has 3 heterocycles. The summed E-state index contributed by atoms with van der Waals surface area (Å²) in [6, 6.07) is 16.6. The van der Waals surface area contributed by atoms with Gasteiger partial charge in [0.2, 0.25) is 0 Å². The van der Waals surface area contributed by atoms with Crippen LogP contribution in [0.1, 0.15) is 22.8 Å². The summed E-state index contributed by atoms with van der Waals surface area (Å²) in [7, 11) is 0. The Morgan fingerprint density at radius 3 is 2.74 bits per heavy atom.